The third-order valence-electron chi connectivity index (χ3n) is 5.40. The van der Waals surface area contributed by atoms with Crippen LogP contribution in [0.15, 0.2) is 18.3 Å². The number of benzene rings is 1. The van der Waals surface area contributed by atoms with Gasteiger partial charge in [-0.1, -0.05) is 6.07 Å². The van der Waals surface area contributed by atoms with E-state index in [1.54, 1.807) is 16.6 Å². The summed E-state index contributed by atoms with van der Waals surface area (Å²) in [6.07, 6.45) is 3.38. The second kappa shape index (κ2) is 7.45. The van der Waals surface area contributed by atoms with Crippen molar-refractivity contribution >= 4 is 22.6 Å². The minimum absolute atomic E-state index is 0.232. The number of aryl methyl sites for hydroxylation is 2. The molecular weight excluding hydrogens is 354 g/mol. The van der Waals surface area contributed by atoms with E-state index in [0.717, 1.165) is 34.9 Å². The van der Waals surface area contributed by atoms with Crippen LogP contribution >= 0.6 is 0 Å². The molecule has 1 aromatic carbocycles. The van der Waals surface area contributed by atoms with E-state index in [0.29, 0.717) is 24.6 Å². The molecule has 2 aromatic rings. The van der Waals surface area contributed by atoms with E-state index in [1.165, 1.54) is 0 Å². The molecule has 7 nitrogen and oxygen atoms in total. The van der Waals surface area contributed by atoms with Crippen molar-refractivity contribution in [3.05, 3.63) is 29.4 Å². The van der Waals surface area contributed by atoms with Crippen LogP contribution in [0.3, 0.4) is 0 Å². The Bertz CT molecular complexity index is 936. The van der Waals surface area contributed by atoms with Crippen LogP contribution < -0.4 is 10.4 Å². The number of hydrogen-bond acceptors (Lipinski definition) is 5. The van der Waals surface area contributed by atoms with Gasteiger partial charge in [-0.05, 0) is 52.2 Å². The molecule has 2 heterocycles. The lowest BCUT2D eigenvalue weighted by Crippen LogP contribution is -2.47. The van der Waals surface area contributed by atoms with Gasteiger partial charge in [0.1, 0.15) is 11.1 Å². The number of nitrogens with one attached hydrogen (secondary N) is 1. The van der Waals surface area contributed by atoms with Crippen molar-refractivity contribution in [2.24, 2.45) is 7.05 Å². The number of nitrogens with zero attached hydrogens (tertiary/aromatic N) is 4. The summed E-state index contributed by atoms with van der Waals surface area (Å²) in [6, 6.07) is 4.51. The van der Waals surface area contributed by atoms with Crippen LogP contribution in [0.2, 0.25) is 0 Å². The summed E-state index contributed by atoms with van der Waals surface area (Å²) in [6.45, 7) is 9.08. The molecule has 1 saturated heterocycles. The maximum Gasteiger partial charge on any atom is 0.410 e. The van der Waals surface area contributed by atoms with E-state index >= 15 is 0 Å². The van der Waals surface area contributed by atoms with Gasteiger partial charge >= 0.3 is 6.09 Å². The molecule has 0 atom stereocenters. The van der Waals surface area contributed by atoms with Crippen LogP contribution in [0.4, 0.5) is 10.5 Å². The zero-order valence-electron chi connectivity index (χ0n) is 17.7. The number of rotatable bonds is 2. The van der Waals surface area contributed by atoms with Crippen molar-refractivity contribution in [1.82, 2.24) is 14.7 Å². The lowest BCUT2D eigenvalue weighted by atomic mass is 10.0. The Morgan fingerprint density at radius 1 is 1.29 bits per heavy atom. The number of anilines is 1. The van der Waals surface area contributed by atoms with Crippen LogP contribution in [0.1, 0.15) is 39.2 Å². The second-order valence-corrected chi connectivity index (χ2v) is 8.62. The molecule has 1 amide bonds. The van der Waals surface area contributed by atoms with Gasteiger partial charge in [0.2, 0.25) is 0 Å². The maximum absolute atomic E-state index is 12.3. The predicted octanol–water partition coefficient (Wildman–Crippen LogP) is 3.20. The van der Waals surface area contributed by atoms with E-state index in [1.807, 2.05) is 33.9 Å². The lowest BCUT2D eigenvalue weighted by Gasteiger charge is -2.38. The Morgan fingerprint density at radius 3 is 2.54 bits per heavy atom. The standard InChI is InChI=1S/C21H31N5O2/c1-14-7-8-17(16-13-23-25(6)19(22)18(14)16)24(5)15-9-11-26(12-10-15)20(27)28-21(2,3)4/h7-8,13,15,22H,9-12H2,1-6H3. The molecule has 1 N–H and O–H groups in total. The molecule has 28 heavy (non-hydrogen) atoms. The highest BCUT2D eigenvalue weighted by Gasteiger charge is 2.29. The number of fused-ring (bicyclic) bond motifs is 1. The smallest absolute Gasteiger partial charge is 0.410 e. The zero-order valence-corrected chi connectivity index (χ0v) is 17.7. The Balaban J connectivity index is 1.79. The molecule has 1 aliphatic heterocycles. The summed E-state index contributed by atoms with van der Waals surface area (Å²) in [7, 11) is 3.89. The molecule has 7 heteroatoms. The number of piperidine rings is 1. The fraction of sp³-hybridized carbons (Fsp3) is 0.571. The number of amides is 1. The molecule has 152 valence electrons. The van der Waals surface area contributed by atoms with Gasteiger partial charge in [-0.2, -0.15) is 5.10 Å². The van der Waals surface area contributed by atoms with E-state index in [4.69, 9.17) is 10.1 Å². The fourth-order valence-corrected chi connectivity index (χ4v) is 3.79. The van der Waals surface area contributed by atoms with Crippen molar-refractivity contribution in [1.29, 1.82) is 5.41 Å². The highest BCUT2D eigenvalue weighted by atomic mass is 16.6. The molecule has 1 aromatic heterocycles. The van der Waals surface area contributed by atoms with Crippen molar-refractivity contribution in [2.45, 2.75) is 52.2 Å². The van der Waals surface area contributed by atoms with Crippen molar-refractivity contribution in [3.8, 4) is 0 Å². The van der Waals surface area contributed by atoms with Gasteiger partial charge in [-0.3, -0.25) is 10.1 Å². The van der Waals surface area contributed by atoms with E-state index in [9.17, 15) is 4.79 Å². The minimum atomic E-state index is -0.470. The van der Waals surface area contributed by atoms with Gasteiger partial charge in [0.15, 0.2) is 0 Å². The second-order valence-electron chi connectivity index (χ2n) is 8.62. The summed E-state index contributed by atoms with van der Waals surface area (Å²) in [5.74, 6) is 0. The quantitative estimate of drug-likeness (QED) is 0.861. The average molecular weight is 386 g/mol. The Kier molecular flexibility index (Phi) is 5.37. The van der Waals surface area contributed by atoms with E-state index in [2.05, 4.69) is 29.2 Å². The molecule has 3 rings (SSSR count). The van der Waals surface area contributed by atoms with Crippen LogP contribution in [0, 0.1) is 12.3 Å². The van der Waals surface area contributed by atoms with Crippen molar-refractivity contribution in [2.75, 3.05) is 25.0 Å². The predicted molar refractivity (Wildman–Crippen MR) is 111 cm³/mol. The number of likely N-dealkylation sites (tertiary alicyclic amines) is 1. The summed E-state index contributed by atoms with van der Waals surface area (Å²) in [5.41, 5.74) is 2.11. The molecule has 0 spiro atoms. The first kappa shape index (κ1) is 20.2. The monoisotopic (exact) mass is 385 g/mol. The molecule has 0 radical (unpaired) electrons. The highest BCUT2D eigenvalue weighted by Crippen LogP contribution is 2.30. The molecule has 0 unspecified atom stereocenters. The number of aromatic nitrogens is 2. The fourth-order valence-electron chi connectivity index (χ4n) is 3.79. The van der Waals surface area contributed by atoms with Crippen LogP contribution in [0.5, 0.6) is 0 Å². The normalized spacial score (nSPS) is 15.7. The topological polar surface area (TPSA) is 74.5 Å². The Labute approximate surface area is 166 Å². The van der Waals surface area contributed by atoms with Crippen molar-refractivity contribution in [3.63, 3.8) is 0 Å². The number of ether oxygens (including phenoxy) is 1. The first-order chi connectivity index (χ1) is 13.1. The van der Waals surface area contributed by atoms with Gasteiger partial charge in [-0.15, -0.1) is 0 Å². The van der Waals surface area contributed by atoms with E-state index in [-0.39, 0.29) is 6.09 Å². The SMILES string of the molecule is Cc1ccc(N(C)C2CCN(C(=O)OC(C)(C)C)CC2)c2cnn(C)c(=N)c12. The summed E-state index contributed by atoms with van der Waals surface area (Å²) >= 11 is 0. The molecular formula is C21H31N5O2. The minimum Gasteiger partial charge on any atom is -0.444 e. The molecule has 0 saturated carbocycles. The largest absolute Gasteiger partial charge is 0.444 e. The molecule has 1 aliphatic rings. The molecule has 1 fully saturated rings. The maximum atomic E-state index is 12.3. The first-order valence-electron chi connectivity index (χ1n) is 9.79. The third-order valence-corrected chi connectivity index (χ3v) is 5.40. The molecule has 0 aliphatic carbocycles. The lowest BCUT2D eigenvalue weighted by molar-refractivity contribution is 0.0205. The van der Waals surface area contributed by atoms with Crippen LogP contribution in [0.25, 0.3) is 10.8 Å². The summed E-state index contributed by atoms with van der Waals surface area (Å²) in [4.78, 5) is 16.4. The van der Waals surface area contributed by atoms with Crippen LogP contribution in [-0.4, -0.2) is 52.6 Å². The zero-order chi connectivity index (χ0) is 20.6. The third kappa shape index (κ3) is 3.98. The van der Waals surface area contributed by atoms with E-state index < -0.39 is 5.60 Å². The van der Waals surface area contributed by atoms with Gasteiger partial charge < -0.3 is 14.5 Å². The molecule has 0 bridgehead atoms. The van der Waals surface area contributed by atoms with Crippen LogP contribution in [-0.2, 0) is 11.8 Å². The van der Waals surface area contributed by atoms with Gasteiger partial charge in [0, 0.05) is 49.7 Å². The van der Waals surface area contributed by atoms with Gasteiger partial charge in [-0.25, -0.2) is 4.79 Å². The average Bonchev–Trinajstić information content (AvgIpc) is 2.63. The van der Waals surface area contributed by atoms with Crippen molar-refractivity contribution < 1.29 is 9.53 Å². The summed E-state index contributed by atoms with van der Waals surface area (Å²) in [5, 5.41) is 14.7. The Morgan fingerprint density at radius 2 is 1.93 bits per heavy atom. The number of hydrogen-bond donors (Lipinski definition) is 1. The van der Waals surface area contributed by atoms with Gasteiger partial charge in [0.25, 0.3) is 0 Å². The first-order valence-corrected chi connectivity index (χ1v) is 9.79. The summed E-state index contributed by atoms with van der Waals surface area (Å²) < 4.78 is 7.09. The highest BCUT2D eigenvalue weighted by molar-refractivity contribution is 5.95. The number of carbonyl (C=O) groups excluding carboxylic acids is 1. The van der Waals surface area contributed by atoms with Gasteiger partial charge in [0.05, 0.1) is 6.20 Å². The number of carbonyl (C=O) groups is 1. The Hall–Kier alpha value is -2.57.